The van der Waals surface area contributed by atoms with Crippen LogP contribution in [0.15, 0.2) is 24.3 Å². The van der Waals surface area contributed by atoms with Crippen LogP contribution in [0.2, 0.25) is 0 Å². The summed E-state index contributed by atoms with van der Waals surface area (Å²) in [5.41, 5.74) is -0.173. The fraction of sp³-hybridized carbons (Fsp3) is 0.625. The predicted octanol–water partition coefficient (Wildman–Crippen LogP) is 3.45. The molecular weight excluding hydrogens is 277 g/mol. The van der Waals surface area contributed by atoms with Gasteiger partial charge < -0.3 is 10.2 Å². The van der Waals surface area contributed by atoms with Crippen LogP contribution < -0.4 is 5.32 Å². The van der Waals surface area contributed by atoms with Crippen molar-refractivity contribution in [3.63, 3.8) is 0 Å². The molecule has 0 saturated carbocycles. The maximum Gasteiger partial charge on any atom is 0.416 e. The van der Waals surface area contributed by atoms with Crippen LogP contribution in [0.4, 0.5) is 13.2 Å². The Balaban J connectivity index is 1.75. The molecule has 3 heterocycles. The molecule has 2 atom stereocenters. The lowest BCUT2D eigenvalue weighted by molar-refractivity contribution is -0.138. The molecule has 3 aliphatic rings. The Morgan fingerprint density at radius 1 is 1.19 bits per heavy atom. The van der Waals surface area contributed by atoms with Gasteiger partial charge in [0.15, 0.2) is 0 Å². The van der Waals surface area contributed by atoms with E-state index < -0.39 is 11.7 Å². The van der Waals surface area contributed by atoms with Gasteiger partial charge in [0, 0.05) is 18.6 Å². The van der Waals surface area contributed by atoms with Gasteiger partial charge >= 0.3 is 6.18 Å². The van der Waals surface area contributed by atoms with Crippen molar-refractivity contribution < 1.29 is 13.2 Å². The number of benzene rings is 1. The number of halogens is 3. The van der Waals surface area contributed by atoms with E-state index in [4.69, 9.17) is 0 Å². The molecule has 0 amide bonds. The molecule has 3 aliphatic heterocycles. The summed E-state index contributed by atoms with van der Waals surface area (Å²) in [6.07, 6.45) is -1.97. The largest absolute Gasteiger partial charge is 0.416 e. The summed E-state index contributed by atoms with van der Waals surface area (Å²) in [6.45, 7) is 5.07. The topological polar surface area (TPSA) is 15.3 Å². The van der Waals surface area contributed by atoms with Crippen LogP contribution in [0.25, 0.3) is 0 Å². The van der Waals surface area contributed by atoms with E-state index in [9.17, 15) is 13.2 Å². The van der Waals surface area contributed by atoms with E-state index in [1.165, 1.54) is 12.1 Å². The van der Waals surface area contributed by atoms with Crippen molar-refractivity contribution in [2.75, 3.05) is 19.6 Å². The average Bonchev–Trinajstić information content (AvgIpc) is 2.47. The van der Waals surface area contributed by atoms with E-state index in [1.807, 2.05) is 6.92 Å². The third-order valence-corrected chi connectivity index (χ3v) is 4.85. The number of nitrogens with zero attached hydrogens (tertiary/aromatic N) is 1. The zero-order valence-corrected chi connectivity index (χ0v) is 12.2. The molecule has 3 saturated heterocycles. The Labute approximate surface area is 123 Å². The first-order valence-electron chi connectivity index (χ1n) is 7.59. The standard InChI is InChI=1S/C16H21F3N2/c1-11(13-4-2-3-5-14(13)16(17,18)19)20-15-10-21-8-6-12(15)7-9-21/h2-5,11-12,15,20H,6-10H2,1H3. The van der Waals surface area contributed by atoms with E-state index in [1.54, 1.807) is 12.1 Å². The second kappa shape index (κ2) is 5.61. The molecule has 1 aromatic rings. The van der Waals surface area contributed by atoms with Crippen LogP contribution in [0, 0.1) is 5.92 Å². The maximum atomic E-state index is 13.1. The molecule has 2 bridgehead atoms. The number of nitrogens with one attached hydrogen (secondary N) is 1. The number of alkyl halides is 3. The number of hydrogen-bond acceptors (Lipinski definition) is 2. The first-order valence-corrected chi connectivity index (χ1v) is 7.59. The third-order valence-electron chi connectivity index (χ3n) is 4.85. The summed E-state index contributed by atoms with van der Waals surface area (Å²) in [5.74, 6) is 0.607. The Morgan fingerprint density at radius 3 is 2.43 bits per heavy atom. The molecule has 0 aliphatic carbocycles. The fourth-order valence-corrected chi connectivity index (χ4v) is 3.70. The van der Waals surface area contributed by atoms with Crippen LogP contribution in [-0.4, -0.2) is 30.6 Å². The van der Waals surface area contributed by atoms with Crippen molar-refractivity contribution in [3.8, 4) is 0 Å². The van der Waals surface area contributed by atoms with Gasteiger partial charge in [0.2, 0.25) is 0 Å². The van der Waals surface area contributed by atoms with Gasteiger partial charge in [-0.1, -0.05) is 18.2 Å². The van der Waals surface area contributed by atoms with Crippen LogP contribution in [0.1, 0.15) is 36.9 Å². The molecule has 2 unspecified atom stereocenters. The zero-order valence-electron chi connectivity index (χ0n) is 12.2. The number of hydrogen-bond donors (Lipinski definition) is 1. The molecule has 21 heavy (non-hydrogen) atoms. The first kappa shape index (κ1) is 14.9. The van der Waals surface area contributed by atoms with E-state index in [0.29, 0.717) is 17.5 Å². The molecule has 2 nitrogen and oxygen atoms in total. The van der Waals surface area contributed by atoms with Gasteiger partial charge in [0.25, 0.3) is 0 Å². The van der Waals surface area contributed by atoms with E-state index >= 15 is 0 Å². The lowest BCUT2D eigenvalue weighted by Crippen LogP contribution is -2.56. The predicted molar refractivity (Wildman–Crippen MR) is 75.9 cm³/mol. The van der Waals surface area contributed by atoms with Crippen LogP contribution in [0.3, 0.4) is 0 Å². The molecule has 1 aromatic carbocycles. The summed E-state index contributed by atoms with van der Waals surface area (Å²) >= 11 is 0. The van der Waals surface area contributed by atoms with Gasteiger partial charge in [0.05, 0.1) is 5.56 Å². The van der Waals surface area contributed by atoms with Crippen molar-refractivity contribution in [3.05, 3.63) is 35.4 Å². The highest BCUT2D eigenvalue weighted by Crippen LogP contribution is 2.35. The zero-order chi connectivity index (χ0) is 15.0. The minimum Gasteiger partial charge on any atom is -0.306 e. The maximum absolute atomic E-state index is 13.1. The summed E-state index contributed by atoms with van der Waals surface area (Å²) in [6, 6.07) is 5.91. The van der Waals surface area contributed by atoms with Crippen molar-refractivity contribution >= 4 is 0 Å². The third kappa shape index (κ3) is 3.09. The SMILES string of the molecule is CC(NC1CN2CCC1CC2)c1ccccc1C(F)(F)F. The molecule has 0 spiro atoms. The normalized spacial score (nSPS) is 30.4. The van der Waals surface area contributed by atoms with Crippen molar-refractivity contribution in [1.82, 2.24) is 10.2 Å². The first-order chi connectivity index (χ1) is 9.95. The van der Waals surface area contributed by atoms with Gasteiger partial charge in [-0.15, -0.1) is 0 Å². The quantitative estimate of drug-likeness (QED) is 0.919. The van der Waals surface area contributed by atoms with Gasteiger partial charge in [-0.2, -0.15) is 13.2 Å². The van der Waals surface area contributed by atoms with Crippen LogP contribution >= 0.6 is 0 Å². The number of rotatable bonds is 3. The van der Waals surface area contributed by atoms with Crippen molar-refractivity contribution in [2.24, 2.45) is 5.92 Å². The van der Waals surface area contributed by atoms with Gasteiger partial charge in [-0.05, 0) is 50.4 Å². The van der Waals surface area contributed by atoms with Gasteiger partial charge in [-0.25, -0.2) is 0 Å². The lowest BCUT2D eigenvalue weighted by Gasteiger charge is -2.46. The highest BCUT2D eigenvalue weighted by molar-refractivity contribution is 5.32. The molecule has 5 heteroatoms. The molecule has 116 valence electrons. The summed E-state index contributed by atoms with van der Waals surface area (Å²) in [5, 5.41) is 3.44. The summed E-state index contributed by atoms with van der Waals surface area (Å²) < 4.78 is 39.3. The summed E-state index contributed by atoms with van der Waals surface area (Å²) in [7, 11) is 0. The van der Waals surface area contributed by atoms with Crippen molar-refractivity contribution in [2.45, 2.75) is 38.0 Å². The second-order valence-corrected chi connectivity index (χ2v) is 6.22. The molecule has 1 N–H and O–H groups in total. The monoisotopic (exact) mass is 298 g/mol. The highest BCUT2D eigenvalue weighted by atomic mass is 19.4. The van der Waals surface area contributed by atoms with Crippen LogP contribution in [-0.2, 0) is 6.18 Å². The second-order valence-electron chi connectivity index (χ2n) is 6.22. The summed E-state index contributed by atoms with van der Waals surface area (Å²) in [4.78, 5) is 2.40. The highest BCUT2D eigenvalue weighted by Gasteiger charge is 2.37. The molecule has 3 fully saturated rings. The number of fused-ring (bicyclic) bond motifs is 3. The molecular formula is C16H21F3N2. The Morgan fingerprint density at radius 2 is 1.86 bits per heavy atom. The van der Waals surface area contributed by atoms with E-state index in [-0.39, 0.29) is 6.04 Å². The van der Waals surface area contributed by atoms with E-state index in [0.717, 1.165) is 32.5 Å². The minimum absolute atomic E-state index is 0.284. The number of piperidine rings is 3. The van der Waals surface area contributed by atoms with Gasteiger partial charge in [0.1, 0.15) is 0 Å². The fourth-order valence-electron chi connectivity index (χ4n) is 3.70. The van der Waals surface area contributed by atoms with Crippen LogP contribution in [0.5, 0.6) is 0 Å². The Hall–Kier alpha value is -1.07. The van der Waals surface area contributed by atoms with Gasteiger partial charge in [-0.3, -0.25) is 0 Å². The Bertz CT molecular complexity index is 493. The van der Waals surface area contributed by atoms with E-state index in [2.05, 4.69) is 10.2 Å². The van der Waals surface area contributed by atoms with Crippen molar-refractivity contribution in [1.29, 1.82) is 0 Å². The molecule has 0 radical (unpaired) electrons. The Kier molecular flexibility index (Phi) is 3.97. The smallest absolute Gasteiger partial charge is 0.306 e. The molecule has 0 aromatic heterocycles. The molecule has 4 rings (SSSR count). The minimum atomic E-state index is -4.29. The average molecular weight is 298 g/mol. The lowest BCUT2D eigenvalue weighted by atomic mass is 9.83.